The van der Waals surface area contributed by atoms with Crippen LogP contribution in [0.1, 0.15) is 52.9 Å². The van der Waals surface area contributed by atoms with Gasteiger partial charge in [-0.2, -0.15) is 0 Å². The lowest BCUT2D eigenvalue weighted by Crippen LogP contribution is -2.57. The van der Waals surface area contributed by atoms with E-state index in [4.69, 9.17) is 9.47 Å². The number of methoxy groups -OCH3 is 1. The second kappa shape index (κ2) is 8.24. The van der Waals surface area contributed by atoms with Gasteiger partial charge in [-0.1, -0.05) is 20.8 Å². The molecule has 1 heterocycles. The van der Waals surface area contributed by atoms with Crippen LogP contribution in [0.2, 0.25) is 0 Å². The van der Waals surface area contributed by atoms with Crippen molar-refractivity contribution >= 4 is 18.0 Å². The van der Waals surface area contributed by atoms with E-state index in [0.29, 0.717) is 0 Å². The number of esters is 1. The first-order valence-corrected chi connectivity index (χ1v) is 9.17. The number of hydrogen-bond donors (Lipinski definition) is 2. The number of rotatable bonds is 4. The molecule has 2 amide bonds. The third kappa shape index (κ3) is 4.87. The maximum Gasteiger partial charge on any atom is 0.408 e. The summed E-state index contributed by atoms with van der Waals surface area (Å²) in [6.45, 7) is 5.51. The molecule has 1 aliphatic carbocycles. The maximum atomic E-state index is 13.1. The molecule has 2 aliphatic rings. The van der Waals surface area contributed by atoms with Crippen molar-refractivity contribution in [3.8, 4) is 0 Å². The van der Waals surface area contributed by atoms with Gasteiger partial charge in [0.15, 0.2) is 0 Å². The van der Waals surface area contributed by atoms with Crippen LogP contribution in [0.25, 0.3) is 0 Å². The minimum atomic E-state index is -0.881. The number of carbonyl (C=O) groups excluding carboxylic acids is 3. The van der Waals surface area contributed by atoms with Crippen molar-refractivity contribution in [2.24, 2.45) is 5.41 Å². The molecule has 0 aromatic rings. The first-order valence-electron chi connectivity index (χ1n) is 9.17. The van der Waals surface area contributed by atoms with Crippen LogP contribution in [0, 0.1) is 5.41 Å². The smallest absolute Gasteiger partial charge is 0.408 e. The van der Waals surface area contributed by atoms with Crippen LogP contribution < -0.4 is 5.32 Å². The normalized spacial score (nSPS) is 25.0. The van der Waals surface area contributed by atoms with E-state index in [1.54, 1.807) is 0 Å². The second-order valence-corrected chi connectivity index (χ2v) is 8.17. The Balaban J connectivity index is 2.10. The summed E-state index contributed by atoms with van der Waals surface area (Å²) >= 11 is 0. The average molecular weight is 370 g/mol. The zero-order chi connectivity index (χ0) is 19.5. The minimum absolute atomic E-state index is 0.0323. The second-order valence-electron chi connectivity index (χ2n) is 8.17. The Labute approximate surface area is 154 Å². The molecular formula is C18H30N2O6. The van der Waals surface area contributed by atoms with E-state index in [9.17, 15) is 19.5 Å². The topological polar surface area (TPSA) is 105 Å². The van der Waals surface area contributed by atoms with Gasteiger partial charge in [0.1, 0.15) is 18.2 Å². The molecule has 0 bridgehead atoms. The van der Waals surface area contributed by atoms with Crippen molar-refractivity contribution in [2.45, 2.75) is 77.2 Å². The number of aliphatic hydroxyl groups is 1. The predicted molar refractivity (Wildman–Crippen MR) is 93.3 cm³/mol. The number of ether oxygens (including phenoxy) is 2. The molecule has 1 saturated carbocycles. The van der Waals surface area contributed by atoms with E-state index in [-0.39, 0.29) is 19.1 Å². The van der Waals surface area contributed by atoms with Crippen molar-refractivity contribution in [1.29, 1.82) is 0 Å². The lowest BCUT2D eigenvalue weighted by Gasteiger charge is -2.34. The average Bonchev–Trinajstić information content (AvgIpc) is 3.19. The summed E-state index contributed by atoms with van der Waals surface area (Å²) in [4.78, 5) is 38.6. The van der Waals surface area contributed by atoms with E-state index in [1.807, 2.05) is 20.8 Å². The highest BCUT2D eigenvalue weighted by Gasteiger charge is 2.45. The monoisotopic (exact) mass is 370 g/mol. The Bertz CT molecular complexity index is 538. The molecule has 148 valence electrons. The highest BCUT2D eigenvalue weighted by Crippen LogP contribution is 2.27. The molecule has 3 atom stereocenters. The summed E-state index contributed by atoms with van der Waals surface area (Å²) in [6, 6.07) is -1.73. The fraction of sp³-hybridized carbons (Fsp3) is 0.833. The molecule has 2 N–H and O–H groups in total. The molecular weight excluding hydrogens is 340 g/mol. The molecule has 0 radical (unpaired) electrons. The van der Waals surface area contributed by atoms with E-state index in [2.05, 4.69) is 5.32 Å². The van der Waals surface area contributed by atoms with Crippen LogP contribution in [0.5, 0.6) is 0 Å². The van der Waals surface area contributed by atoms with Gasteiger partial charge in [0.2, 0.25) is 5.91 Å². The predicted octanol–water partition coefficient (Wildman–Crippen LogP) is 1.20. The summed E-state index contributed by atoms with van der Waals surface area (Å²) in [5.74, 6) is -0.996. The first-order chi connectivity index (χ1) is 12.1. The number of likely N-dealkylation sites (tertiary alicyclic amines) is 1. The van der Waals surface area contributed by atoms with Crippen molar-refractivity contribution in [1.82, 2.24) is 10.2 Å². The zero-order valence-electron chi connectivity index (χ0n) is 16.0. The Morgan fingerprint density at radius 1 is 1.19 bits per heavy atom. The Kier molecular flexibility index (Phi) is 6.49. The van der Waals surface area contributed by atoms with Crippen molar-refractivity contribution in [3.63, 3.8) is 0 Å². The lowest BCUT2D eigenvalue weighted by molar-refractivity contribution is -0.152. The highest BCUT2D eigenvalue weighted by atomic mass is 16.6. The Hall–Kier alpha value is -1.83. The standard InChI is InChI=1S/C18H30N2O6/c1-18(2,3)14(19-17(24)26-12-7-5-6-8-12)15(22)20-10-11(21)9-13(20)16(23)25-4/h11-14,21H,5-10H2,1-4H3,(H,19,24)/t11-,13?,14-/m1/s1. The van der Waals surface area contributed by atoms with Gasteiger partial charge in [0.25, 0.3) is 0 Å². The van der Waals surface area contributed by atoms with Gasteiger partial charge in [-0.15, -0.1) is 0 Å². The number of nitrogens with one attached hydrogen (secondary N) is 1. The molecule has 0 aromatic heterocycles. The van der Waals surface area contributed by atoms with Crippen LogP contribution in [0.3, 0.4) is 0 Å². The van der Waals surface area contributed by atoms with Crippen LogP contribution in [-0.4, -0.2) is 65.9 Å². The van der Waals surface area contributed by atoms with Gasteiger partial charge in [-0.05, 0) is 31.1 Å². The first kappa shape index (κ1) is 20.5. The summed E-state index contributed by atoms with van der Waals surface area (Å²) in [6.07, 6.45) is 2.34. The number of hydrogen-bond acceptors (Lipinski definition) is 6. The van der Waals surface area contributed by atoms with Crippen LogP contribution >= 0.6 is 0 Å². The Morgan fingerprint density at radius 3 is 2.35 bits per heavy atom. The largest absolute Gasteiger partial charge is 0.467 e. The molecule has 1 aliphatic heterocycles. The van der Waals surface area contributed by atoms with Gasteiger partial charge in [0, 0.05) is 13.0 Å². The van der Waals surface area contributed by atoms with Crippen molar-refractivity contribution in [2.75, 3.05) is 13.7 Å². The molecule has 1 unspecified atom stereocenters. The zero-order valence-corrected chi connectivity index (χ0v) is 16.0. The SMILES string of the molecule is COC(=O)C1C[C@@H](O)CN1C(=O)[C@@H](NC(=O)OC1CCCC1)C(C)(C)C. The molecule has 8 nitrogen and oxygen atoms in total. The number of carbonyl (C=O) groups is 3. The van der Waals surface area contributed by atoms with E-state index in [0.717, 1.165) is 25.7 Å². The van der Waals surface area contributed by atoms with Gasteiger partial charge in [-0.3, -0.25) is 4.79 Å². The molecule has 0 spiro atoms. The molecule has 26 heavy (non-hydrogen) atoms. The summed E-state index contributed by atoms with van der Waals surface area (Å²) in [5, 5.41) is 12.6. The lowest BCUT2D eigenvalue weighted by atomic mass is 9.85. The molecule has 2 fully saturated rings. The van der Waals surface area contributed by atoms with Crippen molar-refractivity contribution < 1.29 is 29.0 Å². The van der Waals surface area contributed by atoms with Crippen LogP contribution in [0.15, 0.2) is 0 Å². The van der Waals surface area contributed by atoms with Gasteiger partial charge in [0.05, 0.1) is 13.2 Å². The summed E-state index contributed by atoms with van der Waals surface area (Å²) in [5.41, 5.74) is -0.597. The van der Waals surface area contributed by atoms with Crippen molar-refractivity contribution in [3.05, 3.63) is 0 Å². The van der Waals surface area contributed by atoms with Gasteiger partial charge in [-0.25, -0.2) is 9.59 Å². The van der Waals surface area contributed by atoms with Gasteiger partial charge < -0.3 is 24.8 Å². The summed E-state index contributed by atoms with van der Waals surface area (Å²) in [7, 11) is 1.24. The maximum absolute atomic E-state index is 13.1. The van der Waals surface area contributed by atoms with E-state index < -0.39 is 41.6 Å². The fourth-order valence-electron chi connectivity index (χ4n) is 3.54. The van der Waals surface area contributed by atoms with Gasteiger partial charge >= 0.3 is 12.1 Å². The number of β-amino-alcohol motifs (C(OH)–C–C–N with tert-alkyl or cyclic N) is 1. The number of amides is 2. The van der Waals surface area contributed by atoms with Crippen LogP contribution in [-0.2, 0) is 19.1 Å². The number of aliphatic hydroxyl groups excluding tert-OH is 1. The molecule has 1 saturated heterocycles. The summed E-state index contributed by atoms with van der Waals surface area (Å²) < 4.78 is 10.1. The quantitative estimate of drug-likeness (QED) is 0.721. The molecule has 0 aromatic carbocycles. The third-order valence-electron chi connectivity index (χ3n) is 4.99. The molecule has 8 heteroatoms. The van der Waals surface area contributed by atoms with E-state index in [1.165, 1.54) is 12.0 Å². The Morgan fingerprint density at radius 2 is 1.81 bits per heavy atom. The van der Waals surface area contributed by atoms with E-state index >= 15 is 0 Å². The fourth-order valence-corrected chi connectivity index (χ4v) is 3.54. The third-order valence-corrected chi connectivity index (χ3v) is 4.99. The number of nitrogens with zero attached hydrogens (tertiary/aromatic N) is 1. The highest BCUT2D eigenvalue weighted by molar-refractivity contribution is 5.90. The van der Waals surface area contributed by atoms with Crippen LogP contribution in [0.4, 0.5) is 4.79 Å². The number of alkyl carbamates (subject to hydrolysis) is 1. The minimum Gasteiger partial charge on any atom is -0.467 e. The molecule has 2 rings (SSSR count).